The Kier molecular flexibility index (Phi) is 4.28. The second kappa shape index (κ2) is 6.13. The van der Waals surface area contributed by atoms with Crippen LogP contribution in [0.3, 0.4) is 0 Å². The predicted octanol–water partition coefficient (Wildman–Crippen LogP) is 1.89. The lowest BCUT2D eigenvalue weighted by molar-refractivity contribution is -0.138. The van der Waals surface area contributed by atoms with Crippen LogP contribution in [0.5, 0.6) is 0 Å². The van der Waals surface area contributed by atoms with Crippen LogP contribution < -0.4 is 0 Å². The highest BCUT2D eigenvalue weighted by Gasteiger charge is 2.13. The molecular weight excluding hydrogens is 259 g/mol. The fourth-order valence-electron chi connectivity index (χ4n) is 2.05. The molecule has 1 aromatic heterocycles. The molecule has 0 radical (unpaired) electrons. The average molecular weight is 272 g/mol. The van der Waals surface area contributed by atoms with E-state index in [1.807, 2.05) is 0 Å². The zero-order valence-electron chi connectivity index (χ0n) is 10.7. The second-order valence-electron chi connectivity index (χ2n) is 4.35. The molecule has 2 rings (SSSR count). The summed E-state index contributed by atoms with van der Waals surface area (Å²) in [5, 5.41) is 9.28. The van der Waals surface area contributed by atoms with Crippen LogP contribution in [-0.4, -0.2) is 34.0 Å². The van der Waals surface area contributed by atoms with Crippen molar-refractivity contribution in [2.45, 2.75) is 6.54 Å². The van der Waals surface area contributed by atoms with E-state index in [1.165, 1.54) is 6.07 Å². The zero-order valence-corrected chi connectivity index (χ0v) is 10.7. The van der Waals surface area contributed by atoms with Gasteiger partial charge in [0.05, 0.1) is 18.6 Å². The van der Waals surface area contributed by atoms with Crippen molar-refractivity contribution < 1.29 is 14.3 Å². The molecule has 1 N–H and O–H groups in total. The van der Waals surface area contributed by atoms with Crippen molar-refractivity contribution in [2.75, 3.05) is 13.1 Å². The molecular formula is C15H13FN2O2. The quantitative estimate of drug-likeness (QED) is 0.845. The zero-order chi connectivity index (χ0) is 14.5. The monoisotopic (exact) mass is 272 g/mol. The van der Waals surface area contributed by atoms with Gasteiger partial charge in [0.25, 0.3) is 0 Å². The standard InChI is InChI=1S/C15H13FN2O2/c1-2-8-18(10-14(19)20)9-11-5-6-13(16)12-4-3-7-17-15(11)12/h1,3-7H,8-10H2,(H,19,20). The number of aliphatic carboxylic acids is 1. The number of pyridine rings is 1. The molecule has 0 aliphatic carbocycles. The lowest BCUT2D eigenvalue weighted by Gasteiger charge is -2.18. The van der Waals surface area contributed by atoms with Crippen LogP contribution >= 0.6 is 0 Å². The number of nitrogens with zero attached hydrogens (tertiary/aromatic N) is 2. The Morgan fingerprint density at radius 1 is 1.45 bits per heavy atom. The van der Waals surface area contributed by atoms with Crippen LogP contribution in [0.15, 0.2) is 30.5 Å². The lowest BCUT2D eigenvalue weighted by atomic mass is 10.1. The van der Waals surface area contributed by atoms with Gasteiger partial charge in [0.15, 0.2) is 0 Å². The van der Waals surface area contributed by atoms with E-state index in [2.05, 4.69) is 10.9 Å². The largest absolute Gasteiger partial charge is 0.480 e. The Balaban J connectivity index is 2.35. The minimum Gasteiger partial charge on any atom is -0.480 e. The molecule has 0 saturated heterocycles. The smallest absolute Gasteiger partial charge is 0.317 e. The molecule has 4 nitrogen and oxygen atoms in total. The van der Waals surface area contributed by atoms with Crippen LogP contribution in [0.1, 0.15) is 5.56 Å². The number of terminal acetylenes is 1. The van der Waals surface area contributed by atoms with Crippen LogP contribution in [0.4, 0.5) is 4.39 Å². The first-order valence-corrected chi connectivity index (χ1v) is 6.01. The first-order chi connectivity index (χ1) is 9.61. The Labute approximate surface area is 115 Å². The molecule has 0 atom stereocenters. The summed E-state index contributed by atoms with van der Waals surface area (Å²) in [6.45, 7) is 0.345. The molecule has 20 heavy (non-hydrogen) atoms. The summed E-state index contributed by atoms with van der Waals surface area (Å²) in [5.41, 5.74) is 1.28. The summed E-state index contributed by atoms with van der Waals surface area (Å²) in [7, 11) is 0. The first-order valence-electron chi connectivity index (χ1n) is 6.01. The highest BCUT2D eigenvalue weighted by molar-refractivity contribution is 5.82. The number of carboxylic acid groups (broad SMARTS) is 1. The van der Waals surface area contributed by atoms with Crippen molar-refractivity contribution in [3.05, 3.63) is 41.8 Å². The van der Waals surface area contributed by atoms with Crippen molar-refractivity contribution in [1.29, 1.82) is 0 Å². The highest BCUT2D eigenvalue weighted by Crippen LogP contribution is 2.20. The van der Waals surface area contributed by atoms with E-state index < -0.39 is 5.97 Å². The number of aromatic nitrogens is 1. The van der Waals surface area contributed by atoms with Gasteiger partial charge in [0, 0.05) is 18.1 Å². The lowest BCUT2D eigenvalue weighted by Crippen LogP contribution is -2.29. The van der Waals surface area contributed by atoms with Crippen molar-refractivity contribution >= 4 is 16.9 Å². The Morgan fingerprint density at radius 2 is 2.25 bits per heavy atom. The third-order valence-corrected chi connectivity index (χ3v) is 2.87. The number of rotatable bonds is 5. The third-order valence-electron chi connectivity index (χ3n) is 2.87. The summed E-state index contributed by atoms with van der Waals surface area (Å²) in [4.78, 5) is 16.6. The molecule has 0 saturated carbocycles. The molecule has 0 amide bonds. The number of carboxylic acids is 1. The molecule has 1 aromatic carbocycles. The van der Waals surface area contributed by atoms with Crippen molar-refractivity contribution in [2.24, 2.45) is 0 Å². The molecule has 0 fully saturated rings. The molecule has 0 aliphatic rings. The van der Waals surface area contributed by atoms with E-state index in [0.29, 0.717) is 17.4 Å². The molecule has 0 bridgehead atoms. The topological polar surface area (TPSA) is 53.4 Å². The van der Waals surface area contributed by atoms with E-state index in [1.54, 1.807) is 29.3 Å². The van der Waals surface area contributed by atoms with Gasteiger partial charge in [0.2, 0.25) is 0 Å². The van der Waals surface area contributed by atoms with E-state index in [-0.39, 0.29) is 18.9 Å². The number of halogens is 1. The maximum Gasteiger partial charge on any atom is 0.317 e. The van der Waals surface area contributed by atoms with Crippen LogP contribution in [0.2, 0.25) is 0 Å². The van der Waals surface area contributed by atoms with Gasteiger partial charge in [-0.25, -0.2) is 4.39 Å². The number of carbonyl (C=O) groups is 1. The second-order valence-corrected chi connectivity index (χ2v) is 4.35. The summed E-state index contributed by atoms with van der Waals surface area (Å²) in [5.74, 6) is 1.11. The van der Waals surface area contributed by atoms with E-state index in [9.17, 15) is 9.18 Å². The normalized spacial score (nSPS) is 10.7. The third kappa shape index (κ3) is 3.11. The molecule has 2 aromatic rings. The molecule has 1 heterocycles. The van der Waals surface area contributed by atoms with Crippen molar-refractivity contribution in [3.8, 4) is 12.3 Å². The molecule has 0 unspecified atom stereocenters. The summed E-state index contributed by atoms with van der Waals surface area (Å²) in [6.07, 6.45) is 6.81. The minimum atomic E-state index is -0.959. The summed E-state index contributed by atoms with van der Waals surface area (Å²) >= 11 is 0. The SMILES string of the molecule is C#CCN(CC(=O)O)Cc1ccc(F)c2cccnc12. The highest BCUT2D eigenvalue weighted by atomic mass is 19.1. The number of fused-ring (bicyclic) bond motifs is 1. The van der Waals surface area contributed by atoms with Gasteiger partial charge in [0.1, 0.15) is 5.82 Å². The van der Waals surface area contributed by atoms with Crippen molar-refractivity contribution in [1.82, 2.24) is 9.88 Å². The first kappa shape index (κ1) is 14.0. The maximum atomic E-state index is 13.7. The summed E-state index contributed by atoms with van der Waals surface area (Å²) in [6, 6.07) is 6.26. The molecule has 0 spiro atoms. The van der Waals surface area contributed by atoms with Gasteiger partial charge in [-0.2, -0.15) is 0 Å². The van der Waals surface area contributed by atoms with Crippen LogP contribution in [0, 0.1) is 18.2 Å². The van der Waals surface area contributed by atoms with E-state index in [4.69, 9.17) is 11.5 Å². The average Bonchev–Trinajstić information content (AvgIpc) is 2.42. The van der Waals surface area contributed by atoms with Gasteiger partial charge in [-0.05, 0) is 23.8 Å². The summed E-state index contributed by atoms with van der Waals surface area (Å²) < 4.78 is 13.7. The van der Waals surface area contributed by atoms with Gasteiger partial charge in [-0.15, -0.1) is 6.42 Å². The fourth-order valence-corrected chi connectivity index (χ4v) is 2.05. The Morgan fingerprint density at radius 3 is 2.95 bits per heavy atom. The molecule has 5 heteroatoms. The van der Waals surface area contributed by atoms with Gasteiger partial charge < -0.3 is 5.11 Å². The maximum absolute atomic E-state index is 13.7. The van der Waals surface area contributed by atoms with Crippen LogP contribution in [-0.2, 0) is 11.3 Å². The number of hydrogen-bond donors (Lipinski definition) is 1. The Hall–Kier alpha value is -2.45. The molecule has 0 aliphatic heterocycles. The Bertz CT molecular complexity index is 679. The van der Waals surface area contributed by atoms with E-state index in [0.717, 1.165) is 5.56 Å². The molecule has 102 valence electrons. The van der Waals surface area contributed by atoms with Gasteiger partial charge in [-0.3, -0.25) is 14.7 Å². The number of benzene rings is 1. The van der Waals surface area contributed by atoms with E-state index >= 15 is 0 Å². The van der Waals surface area contributed by atoms with Gasteiger partial charge in [-0.1, -0.05) is 12.0 Å². The minimum absolute atomic E-state index is 0.171. The van der Waals surface area contributed by atoms with Crippen molar-refractivity contribution in [3.63, 3.8) is 0 Å². The number of hydrogen-bond acceptors (Lipinski definition) is 3. The van der Waals surface area contributed by atoms with Gasteiger partial charge >= 0.3 is 5.97 Å². The predicted molar refractivity (Wildman–Crippen MR) is 73.4 cm³/mol. The fraction of sp³-hybridized carbons (Fsp3) is 0.200. The van der Waals surface area contributed by atoms with Crippen LogP contribution in [0.25, 0.3) is 10.9 Å².